The molecule has 0 unspecified atom stereocenters. The molecule has 0 amide bonds. The van der Waals surface area contributed by atoms with Crippen molar-refractivity contribution in [2.24, 2.45) is 0 Å². The number of nitrogens with zero attached hydrogens (tertiary/aromatic N) is 1. The molecule has 0 aliphatic rings. The highest BCUT2D eigenvalue weighted by Crippen LogP contribution is 2.33. The van der Waals surface area contributed by atoms with Gasteiger partial charge >= 0.3 is 0 Å². The van der Waals surface area contributed by atoms with Crippen LogP contribution in [-0.4, -0.2) is 22.6 Å². The Labute approximate surface area is 176 Å². The van der Waals surface area contributed by atoms with E-state index in [0.717, 1.165) is 11.1 Å². The maximum atomic E-state index is 13.5. The molecule has 0 saturated carbocycles. The summed E-state index contributed by atoms with van der Waals surface area (Å²) in [4.78, 5) is 0.149. The number of hydrogen-bond donors (Lipinski definition) is 0. The molecule has 0 bridgehead atoms. The molecule has 152 valence electrons. The van der Waals surface area contributed by atoms with Crippen LogP contribution in [-0.2, 0) is 16.6 Å². The molecule has 3 aromatic carbocycles. The zero-order valence-corrected chi connectivity index (χ0v) is 18.0. The fourth-order valence-corrected chi connectivity index (χ4v) is 4.52. The van der Waals surface area contributed by atoms with Gasteiger partial charge in [0.15, 0.2) is 0 Å². The number of halogens is 1. The summed E-state index contributed by atoms with van der Waals surface area (Å²) in [5, 5.41) is 0.470. The lowest BCUT2D eigenvalue weighted by atomic mass is 10.1. The van der Waals surface area contributed by atoms with E-state index in [1.54, 1.807) is 30.3 Å². The first kappa shape index (κ1) is 21.0. The Morgan fingerprint density at radius 1 is 0.897 bits per heavy atom. The molecule has 0 atom stereocenters. The third kappa shape index (κ3) is 4.83. The van der Waals surface area contributed by atoms with Gasteiger partial charge in [-0.15, -0.1) is 0 Å². The molecule has 29 heavy (non-hydrogen) atoms. The number of methoxy groups -OCH3 is 2. The van der Waals surface area contributed by atoms with Crippen LogP contribution in [0, 0.1) is 6.92 Å². The first-order valence-corrected chi connectivity index (χ1v) is 10.7. The molecule has 0 aliphatic heterocycles. The minimum atomic E-state index is -3.87. The zero-order valence-electron chi connectivity index (χ0n) is 16.4. The molecule has 0 fully saturated rings. The molecule has 0 saturated heterocycles. The molecule has 0 radical (unpaired) electrons. The number of sulfonamides is 1. The quantitative estimate of drug-likeness (QED) is 0.524. The molecule has 0 aliphatic carbocycles. The summed E-state index contributed by atoms with van der Waals surface area (Å²) < 4.78 is 39.1. The van der Waals surface area contributed by atoms with Gasteiger partial charge in [0, 0.05) is 23.2 Å². The van der Waals surface area contributed by atoms with Crippen molar-refractivity contribution < 1.29 is 17.9 Å². The highest BCUT2D eigenvalue weighted by molar-refractivity contribution is 7.92. The Balaban J connectivity index is 2.15. The second kappa shape index (κ2) is 8.76. The van der Waals surface area contributed by atoms with Crippen molar-refractivity contribution in [2.75, 3.05) is 18.5 Å². The maximum Gasteiger partial charge on any atom is 0.264 e. The second-order valence-corrected chi connectivity index (χ2v) is 8.82. The molecule has 0 heterocycles. The molecule has 5 nitrogen and oxygen atoms in total. The van der Waals surface area contributed by atoms with Crippen LogP contribution in [0.15, 0.2) is 71.6 Å². The van der Waals surface area contributed by atoms with Crippen molar-refractivity contribution in [3.63, 3.8) is 0 Å². The van der Waals surface area contributed by atoms with E-state index >= 15 is 0 Å². The number of benzene rings is 3. The summed E-state index contributed by atoms with van der Waals surface area (Å²) in [5.41, 5.74) is 2.36. The van der Waals surface area contributed by atoms with Gasteiger partial charge < -0.3 is 9.47 Å². The van der Waals surface area contributed by atoms with Gasteiger partial charge in [0.2, 0.25) is 0 Å². The summed E-state index contributed by atoms with van der Waals surface area (Å²) >= 11 is 5.94. The number of hydrogen-bond acceptors (Lipinski definition) is 4. The Bertz CT molecular complexity index is 1080. The lowest BCUT2D eigenvalue weighted by Gasteiger charge is -2.26. The molecule has 3 rings (SSSR count). The first-order chi connectivity index (χ1) is 13.8. The molecule has 7 heteroatoms. The third-order valence-corrected chi connectivity index (χ3v) is 6.47. The van der Waals surface area contributed by atoms with Crippen molar-refractivity contribution >= 4 is 27.3 Å². The minimum Gasteiger partial charge on any atom is -0.497 e. The highest BCUT2D eigenvalue weighted by Gasteiger charge is 2.26. The predicted molar refractivity (Wildman–Crippen MR) is 116 cm³/mol. The summed E-state index contributed by atoms with van der Waals surface area (Å²) in [6.45, 7) is 2.12. The maximum absolute atomic E-state index is 13.5. The molecule has 0 spiro atoms. The molecule has 3 aromatic rings. The van der Waals surface area contributed by atoms with E-state index in [4.69, 9.17) is 21.1 Å². The smallest absolute Gasteiger partial charge is 0.264 e. The second-order valence-electron chi connectivity index (χ2n) is 6.53. The lowest BCUT2D eigenvalue weighted by Crippen LogP contribution is -2.30. The summed E-state index contributed by atoms with van der Waals surface area (Å²) in [6.07, 6.45) is 0. The Hall–Kier alpha value is -2.70. The van der Waals surface area contributed by atoms with Crippen LogP contribution in [0.4, 0.5) is 5.69 Å². The number of anilines is 1. The van der Waals surface area contributed by atoms with E-state index in [2.05, 4.69) is 0 Å². The monoisotopic (exact) mass is 431 g/mol. The average Bonchev–Trinajstić information content (AvgIpc) is 2.71. The summed E-state index contributed by atoms with van der Waals surface area (Å²) in [7, 11) is -0.818. The minimum absolute atomic E-state index is 0.149. The third-order valence-electron chi connectivity index (χ3n) is 4.43. The number of ether oxygens (including phenoxy) is 2. The van der Waals surface area contributed by atoms with Gasteiger partial charge in [-0.2, -0.15) is 0 Å². The van der Waals surface area contributed by atoms with E-state index in [1.165, 1.54) is 30.7 Å². The van der Waals surface area contributed by atoms with E-state index in [9.17, 15) is 8.42 Å². The van der Waals surface area contributed by atoms with Crippen molar-refractivity contribution in [2.45, 2.75) is 18.4 Å². The fourth-order valence-electron chi connectivity index (χ4n) is 2.96. The van der Waals surface area contributed by atoms with Gasteiger partial charge in [0.25, 0.3) is 10.0 Å². The molecule has 0 N–H and O–H groups in total. The van der Waals surface area contributed by atoms with Gasteiger partial charge in [-0.05, 0) is 36.8 Å². The van der Waals surface area contributed by atoms with Crippen LogP contribution < -0.4 is 13.8 Å². The zero-order chi connectivity index (χ0) is 21.0. The molecular formula is C22H22ClNO4S. The van der Waals surface area contributed by atoms with Crippen LogP contribution >= 0.6 is 11.6 Å². The first-order valence-electron chi connectivity index (χ1n) is 8.90. The van der Waals surface area contributed by atoms with Crippen LogP contribution in [0.3, 0.4) is 0 Å². The van der Waals surface area contributed by atoms with Crippen molar-refractivity contribution in [1.29, 1.82) is 0 Å². The Morgan fingerprint density at radius 3 is 2.07 bits per heavy atom. The van der Waals surface area contributed by atoms with E-state index < -0.39 is 10.0 Å². The van der Waals surface area contributed by atoms with Gasteiger partial charge in [0.05, 0.1) is 31.3 Å². The lowest BCUT2D eigenvalue weighted by molar-refractivity contribution is 0.394. The van der Waals surface area contributed by atoms with Gasteiger partial charge in [0.1, 0.15) is 11.5 Å². The van der Waals surface area contributed by atoms with Crippen molar-refractivity contribution in [3.05, 3.63) is 82.9 Å². The van der Waals surface area contributed by atoms with Crippen LogP contribution in [0.5, 0.6) is 11.5 Å². The predicted octanol–water partition coefficient (Wildman–Crippen LogP) is 5.06. The normalized spacial score (nSPS) is 11.2. The number of aryl methyl sites for hydroxylation is 1. The standard InChI is InChI=1S/C22H22ClNO4S/c1-16-5-4-6-17(11-16)15-24(19-12-20(27-2)14-21(13-19)28-3)29(25,26)22-9-7-18(23)8-10-22/h4-14H,15H2,1-3H3. The molecular weight excluding hydrogens is 410 g/mol. The van der Waals surface area contributed by atoms with Crippen LogP contribution in [0.1, 0.15) is 11.1 Å². The largest absolute Gasteiger partial charge is 0.497 e. The Morgan fingerprint density at radius 2 is 1.52 bits per heavy atom. The van der Waals surface area contributed by atoms with Crippen molar-refractivity contribution in [1.82, 2.24) is 0 Å². The average molecular weight is 432 g/mol. The topological polar surface area (TPSA) is 55.8 Å². The number of rotatable bonds is 7. The SMILES string of the molecule is COc1cc(OC)cc(N(Cc2cccc(C)c2)S(=O)(=O)c2ccc(Cl)cc2)c1. The van der Waals surface area contributed by atoms with Crippen LogP contribution in [0.2, 0.25) is 5.02 Å². The summed E-state index contributed by atoms with van der Waals surface area (Å²) in [5.74, 6) is 1.000. The van der Waals surface area contributed by atoms with Gasteiger partial charge in [-0.1, -0.05) is 41.4 Å². The van der Waals surface area contributed by atoms with E-state index in [-0.39, 0.29) is 11.4 Å². The Kier molecular flexibility index (Phi) is 6.35. The van der Waals surface area contributed by atoms with Crippen LogP contribution in [0.25, 0.3) is 0 Å². The summed E-state index contributed by atoms with van der Waals surface area (Å²) in [6, 6.07) is 18.9. The van der Waals surface area contributed by atoms with Crippen molar-refractivity contribution in [3.8, 4) is 11.5 Å². The molecule has 0 aromatic heterocycles. The van der Waals surface area contributed by atoms with E-state index in [0.29, 0.717) is 22.2 Å². The van der Waals surface area contributed by atoms with E-state index in [1.807, 2.05) is 31.2 Å². The van der Waals surface area contributed by atoms with Gasteiger partial charge in [-0.25, -0.2) is 8.42 Å². The van der Waals surface area contributed by atoms with Gasteiger partial charge in [-0.3, -0.25) is 4.31 Å². The highest BCUT2D eigenvalue weighted by atomic mass is 35.5. The fraction of sp³-hybridized carbons (Fsp3) is 0.182.